The second-order valence-electron chi connectivity index (χ2n) is 5.80. The Balaban J connectivity index is 1.84. The molecule has 26 heavy (non-hydrogen) atoms. The van der Waals surface area contributed by atoms with Gasteiger partial charge in [-0.1, -0.05) is 60.2 Å². The van der Waals surface area contributed by atoms with Gasteiger partial charge in [-0.3, -0.25) is 0 Å². The summed E-state index contributed by atoms with van der Waals surface area (Å²) >= 11 is 0. The van der Waals surface area contributed by atoms with Crippen molar-refractivity contribution in [1.82, 2.24) is 16.0 Å². The van der Waals surface area contributed by atoms with Crippen LogP contribution in [0.2, 0.25) is 0 Å². The van der Waals surface area contributed by atoms with Crippen LogP contribution in [0, 0.1) is 6.07 Å². The number of anilines is 1. The summed E-state index contributed by atoms with van der Waals surface area (Å²) in [6.45, 7) is 0. The topological polar surface area (TPSA) is 63.4 Å². The summed E-state index contributed by atoms with van der Waals surface area (Å²) in [4.78, 5) is 5.13. The fourth-order valence-electron chi connectivity index (χ4n) is 3.22. The highest BCUT2D eigenvalue weighted by Crippen LogP contribution is 2.41. The van der Waals surface area contributed by atoms with Crippen molar-refractivity contribution in [2.45, 2.75) is 0 Å². The second kappa shape index (κ2) is 6.02. The summed E-state index contributed by atoms with van der Waals surface area (Å²) in [5, 5.41) is 11.8. The number of nitrogens with zero attached hydrogens (tertiary/aromatic N) is 3. The number of aromatic nitrogens is 2. The lowest BCUT2D eigenvalue weighted by Crippen LogP contribution is -2.27. The maximum atomic E-state index is 5.13. The van der Waals surface area contributed by atoms with E-state index in [0.29, 0.717) is 5.69 Å². The monoisotopic (exact) mass is 341 g/mol. The Labute approximate surface area is 149 Å². The quantitative estimate of drug-likeness (QED) is 0.606. The molecule has 6 heteroatoms. The zero-order chi connectivity index (χ0) is 17.3. The highest BCUT2D eigenvalue weighted by molar-refractivity contribution is 6.06. The average Bonchev–Trinajstić information content (AvgIpc) is 3.41. The lowest BCUT2D eigenvalue weighted by molar-refractivity contribution is 0.159. The highest BCUT2D eigenvalue weighted by Gasteiger charge is 2.20. The van der Waals surface area contributed by atoms with E-state index in [1.54, 1.807) is 23.7 Å². The normalized spacial score (nSPS) is 13.3. The predicted molar refractivity (Wildman–Crippen MR) is 97.4 cm³/mol. The van der Waals surface area contributed by atoms with Crippen LogP contribution in [0.4, 0.5) is 5.69 Å². The van der Waals surface area contributed by atoms with Crippen molar-refractivity contribution in [3.8, 4) is 22.4 Å². The molecule has 1 aromatic heterocycles. The molecule has 0 unspecified atom stereocenters. The molecule has 4 aromatic rings. The molecule has 1 N–H and O–H groups in total. The maximum Gasteiger partial charge on any atom is 0.152 e. The molecule has 0 bridgehead atoms. The van der Waals surface area contributed by atoms with E-state index in [2.05, 4.69) is 46.3 Å². The highest BCUT2D eigenvalue weighted by atomic mass is 16.7. The Bertz CT molecular complexity index is 1110. The molecule has 0 atom stereocenters. The summed E-state index contributed by atoms with van der Waals surface area (Å²) in [5.41, 5.74) is 7.32. The van der Waals surface area contributed by atoms with Crippen LogP contribution in [0.25, 0.3) is 33.2 Å². The smallest absolute Gasteiger partial charge is 0.152 e. The maximum absolute atomic E-state index is 5.13. The molecule has 1 aliphatic rings. The third-order valence-electron chi connectivity index (χ3n) is 4.34. The molecule has 3 aromatic carbocycles. The van der Waals surface area contributed by atoms with Gasteiger partial charge in [0.25, 0.3) is 0 Å². The zero-order valence-electron chi connectivity index (χ0n) is 13.6. The Hall–Kier alpha value is -3.64. The largest absolute Gasteiger partial charge is 0.395 e. The predicted octanol–water partition coefficient (Wildman–Crippen LogP) is 4.08. The molecular formula is C20H13N4O2. The molecule has 1 radical (unpaired) electrons. The first-order valence-electron chi connectivity index (χ1n) is 8.09. The minimum Gasteiger partial charge on any atom is -0.395 e. The summed E-state index contributed by atoms with van der Waals surface area (Å²) in [6.07, 6.45) is 4.94. The molecule has 0 spiro atoms. The number of para-hydroxylation sites is 1. The standard InChI is InChI=1S/C20H13N4O2/c1-2-6-15-14(5-1)9-10-16(18-13-26-22-21-18)20(15)17-7-3-4-8-19(17)24-11-12-25-23-24/h1-7,9-13,23H. The third-order valence-corrected chi connectivity index (χ3v) is 4.34. The van der Waals surface area contributed by atoms with Gasteiger partial charge in [0.15, 0.2) is 6.26 Å². The van der Waals surface area contributed by atoms with Gasteiger partial charge in [0.05, 0.1) is 11.9 Å². The molecule has 0 fully saturated rings. The van der Waals surface area contributed by atoms with Gasteiger partial charge in [0, 0.05) is 28.0 Å². The Morgan fingerprint density at radius 2 is 1.96 bits per heavy atom. The van der Waals surface area contributed by atoms with Crippen LogP contribution in [0.15, 0.2) is 77.8 Å². The molecular weight excluding hydrogens is 328 g/mol. The summed E-state index contributed by atoms with van der Waals surface area (Å²) < 4.78 is 4.98. The first kappa shape index (κ1) is 14.7. The molecule has 6 nitrogen and oxygen atoms in total. The van der Waals surface area contributed by atoms with Crippen LogP contribution in [0.1, 0.15) is 0 Å². The first-order chi connectivity index (χ1) is 12.9. The van der Waals surface area contributed by atoms with Gasteiger partial charge in [0.2, 0.25) is 0 Å². The Morgan fingerprint density at radius 1 is 1.00 bits per heavy atom. The lowest BCUT2D eigenvalue weighted by Gasteiger charge is -2.20. The van der Waals surface area contributed by atoms with E-state index in [4.69, 9.17) is 9.36 Å². The van der Waals surface area contributed by atoms with E-state index in [0.717, 1.165) is 33.2 Å². The van der Waals surface area contributed by atoms with Crippen molar-refractivity contribution < 1.29 is 9.36 Å². The van der Waals surface area contributed by atoms with Crippen LogP contribution >= 0.6 is 0 Å². The Morgan fingerprint density at radius 3 is 2.81 bits per heavy atom. The van der Waals surface area contributed by atoms with E-state index in [9.17, 15) is 0 Å². The summed E-state index contributed by atoms with van der Waals surface area (Å²) in [5.74, 6) is 0. The molecule has 1 aliphatic heterocycles. The number of nitrogens with one attached hydrogen (secondary N) is 1. The van der Waals surface area contributed by atoms with Crippen molar-refractivity contribution in [2.24, 2.45) is 0 Å². The summed E-state index contributed by atoms with van der Waals surface area (Å²) in [6, 6.07) is 21.5. The average molecular weight is 341 g/mol. The van der Waals surface area contributed by atoms with Crippen molar-refractivity contribution in [2.75, 3.05) is 5.01 Å². The van der Waals surface area contributed by atoms with Crippen molar-refractivity contribution in [3.05, 3.63) is 79.4 Å². The molecule has 0 aliphatic carbocycles. The van der Waals surface area contributed by atoms with E-state index >= 15 is 0 Å². The van der Waals surface area contributed by atoms with Crippen LogP contribution in [0.3, 0.4) is 0 Å². The minimum absolute atomic E-state index is 0.682. The SMILES string of the molecule is [c]1cccc(-c2c(-c3conn3)ccc3ccccc23)c1N1C=CON1. The van der Waals surface area contributed by atoms with Gasteiger partial charge in [-0.2, -0.15) is 0 Å². The number of fused-ring (bicyclic) bond motifs is 1. The third kappa shape index (κ3) is 2.32. The van der Waals surface area contributed by atoms with Crippen molar-refractivity contribution >= 4 is 16.5 Å². The van der Waals surface area contributed by atoms with Crippen molar-refractivity contribution in [1.29, 1.82) is 0 Å². The van der Waals surface area contributed by atoms with Gasteiger partial charge in [-0.25, -0.2) is 5.01 Å². The van der Waals surface area contributed by atoms with E-state index < -0.39 is 0 Å². The van der Waals surface area contributed by atoms with Crippen LogP contribution in [-0.2, 0) is 4.84 Å². The number of hydrazine groups is 1. The van der Waals surface area contributed by atoms with Crippen LogP contribution in [-0.4, -0.2) is 10.4 Å². The summed E-state index contributed by atoms with van der Waals surface area (Å²) in [7, 11) is 0. The molecule has 0 saturated heterocycles. The van der Waals surface area contributed by atoms with E-state index in [-0.39, 0.29) is 0 Å². The van der Waals surface area contributed by atoms with E-state index in [1.807, 2.05) is 30.3 Å². The van der Waals surface area contributed by atoms with Gasteiger partial charge < -0.3 is 9.36 Å². The molecule has 0 saturated carbocycles. The fraction of sp³-hybridized carbons (Fsp3) is 0. The zero-order valence-corrected chi connectivity index (χ0v) is 13.6. The van der Waals surface area contributed by atoms with Gasteiger partial charge >= 0.3 is 0 Å². The fourth-order valence-corrected chi connectivity index (χ4v) is 3.22. The molecule has 125 valence electrons. The number of rotatable bonds is 3. The molecule has 5 rings (SSSR count). The van der Waals surface area contributed by atoms with E-state index in [1.165, 1.54) is 0 Å². The van der Waals surface area contributed by atoms with Gasteiger partial charge in [-0.15, -0.1) is 5.10 Å². The second-order valence-corrected chi connectivity index (χ2v) is 5.80. The molecule has 0 amide bonds. The van der Waals surface area contributed by atoms with Crippen molar-refractivity contribution in [3.63, 3.8) is 0 Å². The van der Waals surface area contributed by atoms with Crippen LogP contribution < -0.4 is 10.6 Å². The molecule has 2 heterocycles. The van der Waals surface area contributed by atoms with Crippen LogP contribution in [0.5, 0.6) is 0 Å². The number of benzene rings is 3. The van der Waals surface area contributed by atoms with Gasteiger partial charge in [-0.05, 0) is 10.8 Å². The number of hydrogen-bond acceptors (Lipinski definition) is 6. The Kier molecular flexibility index (Phi) is 3.40. The van der Waals surface area contributed by atoms with Gasteiger partial charge in [0.1, 0.15) is 12.0 Å². The number of hydrogen-bond donors (Lipinski definition) is 1. The first-order valence-corrected chi connectivity index (χ1v) is 8.09. The minimum atomic E-state index is 0.682. The lowest BCUT2D eigenvalue weighted by atomic mass is 9.91.